The van der Waals surface area contributed by atoms with Crippen LogP contribution in [0.3, 0.4) is 0 Å². The van der Waals surface area contributed by atoms with Gasteiger partial charge in [0.25, 0.3) is 0 Å². The molecular weight excluding hydrogens is 1430 g/mol. The number of rotatable bonds is 10. The number of hydrogen-bond acceptors (Lipinski definition) is 4. The Bertz CT molecular complexity index is 6950. The third-order valence-electron chi connectivity index (χ3n) is 21.8. The number of nitrogens with zero attached hydrogens (tertiary/aromatic N) is 4. The van der Waals surface area contributed by atoms with E-state index in [-0.39, 0.29) is 0 Å². The molecule has 0 bridgehead atoms. The van der Waals surface area contributed by atoms with Crippen molar-refractivity contribution in [1.29, 1.82) is 10.5 Å². The van der Waals surface area contributed by atoms with Gasteiger partial charge in [0.2, 0.25) is 0 Å². The molecule has 544 valence electrons. The van der Waals surface area contributed by atoms with Gasteiger partial charge in [0.05, 0.1) is 23.3 Å². The Kier molecular flexibility index (Phi) is 19.5. The van der Waals surface area contributed by atoms with E-state index in [1.54, 1.807) is 24.3 Å². The normalized spacial score (nSPS) is 10.8. The minimum atomic E-state index is 0.613. The van der Waals surface area contributed by atoms with E-state index in [9.17, 15) is 10.5 Å². The lowest BCUT2D eigenvalue weighted by Crippen LogP contribution is -2.09. The van der Waals surface area contributed by atoms with E-state index in [4.69, 9.17) is 0 Å². The zero-order valence-corrected chi connectivity index (χ0v) is 64.0. The summed E-state index contributed by atoms with van der Waals surface area (Å²) in [6.45, 7) is 0. The smallest absolute Gasteiger partial charge is 0.0991 e. The van der Waals surface area contributed by atoms with Gasteiger partial charge in [-0.3, -0.25) is 0 Å². The van der Waals surface area contributed by atoms with Crippen LogP contribution in [0.2, 0.25) is 0 Å². The van der Waals surface area contributed by atoms with Gasteiger partial charge in [0.1, 0.15) is 0 Å². The van der Waals surface area contributed by atoms with Crippen LogP contribution in [0, 0.1) is 70.0 Å². The van der Waals surface area contributed by atoms with Crippen molar-refractivity contribution in [2.45, 2.75) is 0 Å². The van der Waals surface area contributed by atoms with Crippen molar-refractivity contribution in [3.05, 3.63) is 468 Å². The van der Waals surface area contributed by atoms with Crippen LogP contribution < -0.4 is 9.80 Å². The molecule has 0 aromatic heterocycles. The molecule has 0 spiro atoms. The summed E-state index contributed by atoms with van der Waals surface area (Å²) in [4.78, 5) is 4.55. The summed E-state index contributed by atoms with van der Waals surface area (Å²) < 4.78 is 0. The molecule has 20 aromatic carbocycles. The molecule has 0 N–H and O–H groups in total. The lowest BCUT2D eigenvalue weighted by atomic mass is 9.84. The van der Waals surface area contributed by atoms with Crippen LogP contribution in [0.4, 0.5) is 34.1 Å². The molecule has 0 aliphatic carbocycles. The highest BCUT2D eigenvalue weighted by atomic mass is 15.1. The first-order chi connectivity index (χ1) is 58.4. The van der Waals surface area contributed by atoms with Gasteiger partial charge in [0.15, 0.2) is 0 Å². The molecule has 20 aromatic rings. The van der Waals surface area contributed by atoms with E-state index in [0.717, 1.165) is 166 Å². The van der Waals surface area contributed by atoms with Gasteiger partial charge in [-0.2, -0.15) is 10.5 Å². The van der Waals surface area contributed by atoms with Crippen LogP contribution in [0.25, 0.3) is 109 Å². The first-order valence-electron chi connectivity index (χ1n) is 39.3. The molecule has 0 atom stereocenters. The number of para-hydroxylation sites is 4. The lowest BCUT2D eigenvalue weighted by Gasteiger charge is -2.25. The lowest BCUT2D eigenvalue weighted by molar-refractivity contribution is 1.28. The Labute approximate surface area is 686 Å². The molecule has 118 heavy (non-hydrogen) atoms. The van der Waals surface area contributed by atoms with E-state index in [2.05, 4.69) is 421 Å². The van der Waals surface area contributed by atoms with Gasteiger partial charge in [0, 0.05) is 78.6 Å². The van der Waals surface area contributed by atoms with Crippen LogP contribution >= 0.6 is 0 Å². The summed E-state index contributed by atoms with van der Waals surface area (Å²) in [6.07, 6.45) is 0. The Morgan fingerprint density at radius 1 is 0.161 bits per heavy atom. The summed E-state index contributed by atoms with van der Waals surface area (Å²) in [7, 11) is 0. The molecule has 0 radical (unpaired) electrons. The Hall–Kier alpha value is -16.7. The van der Waals surface area contributed by atoms with Crippen molar-refractivity contribution < 1.29 is 0 Å². The fourth-order valence-corrected chi connectivity index (χ4v) is 16.2. The SMILES string of the molecule is C(#Cc1cc(-c2ccccc2)c2ccc3c(C#Cc4ccc(N(c5ccccc5)c5ccccc5)cc4)cc(-c4ccccc4)c4ccc1c2c34)c1ccc(N(c2ccccc2)c2ccccc2)cc1.N#Cc1ccc(C#Cc2cc(-c3ccccc3)c3ccc4c(C#Cc5ccc(C#N)cc5)cc(-c5ccccc5)c5ccc2c3c45)cc1. The molecule has 0 saturated heterocycles. The third-order valence-corrected chi connectivity index (χ3v) is 21.8. The zero-order valence-electron chi connectivity index (χ0n) is 64.0. The molecule has 0 heterocycles. The minimum absolute atomic E-state index is 0.613. The molecule has 0 fully saturated rings. The monoisotopic (exact) mass is 1490 g/mol. The summed E-state index contributed by atoms with van der Waals surface area (Å²) in [5, 5.41) is 32.3. The number of nitriles is 2. The highest BCUT2D eigenvalue weighted by Crippen LogP contribution is 2.48. The molecule has 0 aliphatic rings. The maximum atomic E-state index is 9.25. The largest absolute Gasteiger partial charge is 0.311 e. The predicted octanol–water partition coefficient (Wildman–Crippen LogP) is 28.1. The van der Waals surface area contributed by atoms with Crippen LogP contribution in [-0.2, 0) is 0 Å². The van der Waals surface area contributed by atoms with Gasteiger partial charge in [-0.1, -0.05) is 290 Å². The Morgan fingerprint density at radius 2 is 0.339 bits per heavy atom. The molecule has 0 amide bonds. The first kappa shape index (κ1) is 71.6. The van der Waals surface area contributed by atoms with Crippen LogP contribution in [0.1, 0.15) is 55.6 Å². The Morgan fingerprint density at radius 3 is 0.551 bits per heavy atom. The van der Waals surface area contributed by atoms with Gasteiger partial charge in [-0.15, -0.1) is 0 Å². The number of benzene rings is 20. The molecule has 0 saturated carbocycles. The van der Waals surface area contributed by atoms with Gasteiger partial charge in [-0.05, 0) is 279 Å². The van der Waals surface area contributed by atoms with Crippen LogP contribution in [0.15, 0.2) is 413 Å². The second-order valence-corrected chi connectivity index (χ2v) is 29.0. The molecule has 0 aliphatic heterocycles. The third kappa shape index (κ3) is 14.3. The van der Waals surface area contributed by atoms with Crippen LogP contribution in [0.5, 0.6) is 0 Å². The zero-order chi connectivity index (χ0) is 79.1. The van der Waals surface area contributed by atoms with Crippen molar-refractivity contribution in [3.63, 3.8) is 0 Å². The number of hydrogen-bond donors (Lipinski definition) is 0. The van der Waals surface area contributed by atoms with Crippen molar-refractivity contribution >= 4 is 98.8 Å². The summed E-state index contributed by atoms with van der Waals surface area (Å²) >= 11 is 0. The maximum Gasteiger partial charge on any atom is 0.0991 e. The molecule has 4 heteroatoms. The molecule has 0 unspecified atom stereocenters. The summed E-state index contributed by atoms with van der Waals surface area (Å²) in [5.41, 5.74) is 24.3. The second-order valence-electron chi connectivity index (χ2n) is 29.0. The van der Waals surface area contributed by atoms with Crippen molar-refractivity contribution in [1.82, 2.24) is 0 Å². The highest BCUT2D eigenvalue weighted by Gasteiger charge is 2.23. The molecular formula is C114H68N4. The van der Waals surface area contributed by atoms with E-state index < -0.39 is 0 Å². The van der Waals surface area contributed by atoms with Crippen molar-refractivity contribution in [3.8, 4) is 104 Å². The van der Waals surface area contributed by atoms with Crippen molar-refractivity contribution in [2.75, 3.05) is 9.80 Å². The van der Waals surface area contributed by atoms with E-state index in [0.29, 0.717) is 11.1 Å². The molecule has 4 nitrogen and oxygen atoms in total. The standard InChI is InChI=1S/C68H44N2.C46H24N2/c1-7-19-51(20-8-1)65-47-53(37-31-49-33-39-59(40-34-49)69(55-23-11-3-12-24-55)56-25-13-4-14-26-56)61-44-46-64-66(52-21-9-2-10-22-52)48-54(62-43-45-63(65)67(61)68(62)64)38-32-50-35-41-60(42-36-50)70(57-27-15-5-16-28-57)58-29-17-6-18-30-58;47-29-33-15-11-31(12-16-33)19-21-37-27-43(35-7-3-1-4-8-35)41-25-23-40-38(22-20-32-13-17-34(30-48)18-14-32)28-44(36-9-5-2-6-10-36)42-26-24-39(37)45(41)46(40)42/h1-30,33-36,39-48H;1-18,23-28H. The van der Waals surface area contributed by atoms with Crippen LogP contribution in [-0.4, -0.2) is 0 Å². The Balaban J connectivity index is 0.000000168. The quantitative estimate of drug-likeness (QED) is 0.101. The number of anilines is 6. The summed E-state index contributed by atoms with van der Waals surface area (Å²) in [6, 6.07) is 148. The topological polar surface area (TPSA) is 54.1 Å². The van der Waals surface area contributed by atoms with Gasteiger partial charge < -0.3 is 9.80 Å². The first-order valence-corrected chi connectivity index (χ1v) is 39.3. The fraction of sp³-hybridized carbons (Fsp3) is 0. The average Bonchev–Trinajstić information content (AvgIpc) is 0.717. The minimum Gasteiger partial charge on any atom is -0.311 e. The van der Waals surface area contributed by atoms with Crippen molar-refractivity contribution in [2.24, 2.45) is 0 Å². The van der Waals surface area contributed by atoms with E-state index in [1.807, 2.05) is 36.4 Å². The van der Waals surface area contributed by atoms with Gasteiger partial charge in [-0.25, -0.2) is 0 Å². The average molecular weight is 1490 g/mol. The van der Waals surface area contributed by atoms with E-state index >= 15 is 0 Å². The highest BCUT2D eigenvalue weighted by molar-refractivity contribution is 6.31. The maximum absolute atomic E-state index is 9.25. The van der Waals surface area contributed by atoms with Gasteiger partial charge >= 0.3 is 0 Å². The predicted molar refractivity (Wildman–Crippen MR) is 491 cm³/mol. The van der Waals surface area contributed by atoms with E-state index in [1.165, 1.54) is 21.5 Å². The summed E-state index contributed by atoms with van der Waals surface area (Å²) in [5.74, 6) is 28.2. The fourth-order valence-electron chi connectivity index (χ4n) is 16.2. The second kappa shape index (κ2) is 32.2. The molecule has 20 rings (SSSR count).